The summed E-state index contributed by atoms with van der Waals surface area (Å²) >= 11 is 0. The molecule has 3 atom stereocenters. The van der Waals surface area contributed by atoms with Crippen molar-refractivity contribution in [2.24, 2.45) is 5.92 Å². The van der Waals surface area contributed by atoms with E-state index in [0.717, 1.165) is 4.90 Å². The van der Waals surface area contributed by atoms with Crippen molar-refractivity contribution in [2.75, 3.05) is 0 Å². The van der Waals surface area contributed by atoms with E-state index in [4.69, 9.17) is 9.84 Å². The SMILES string of the molecule is CC(=O)OC1=CC=C(C(=O)O)N2C(=O)[C@H]([C@@H](C)O)[C@H]2C1. The van der Waals surface area contributed by atoms with Crippen molar-refractivity contribution in [1.29, 1.82) is 0 Å². The third kappa shape index (κ3) is 2.32. The van der Waals surface area contributed by atoms with Crippen LogP contribution in [0.4, 0.5) is 0 Å². The number of nitrogens with zero attached hydrogens (tertiary/aromatic N) is 1. The normalized spacial score (nSPS) is 26.6. The Hall–Kier alpha value is -2.15. The monoisotopic (exact) mass is 281 g/mol. The van der Waals surface area contributed by atoms with E-state index in [1.807, 2.05) is 0 Å². The van der Waals surface area contributed by atoms with Crippen molar-refractivity contribution >= 4 is 17.8 Å². The van der Waals surface area contributed by atoms with Gasteiger partial charge in [0.05, 0.1) is 18.1 Å². The van der Waals surface area contributed by atoms with Gasteiger partial charge in [0.25, 0.3) is 0 Å². The van der Waals surface area contributed by atoms with Gasteiger partial charge in [-0.3, -0.25) is 9.59 Å². The van der Waals surface area contributed by atoms with Crippen LogP contribution in [-0.2, 0) is 19.1 Å². The lowest BCUT2D eigenvalue weighted by molar-refractivity contribution is -0.163. The van der Waals surface area contributed by atoms with E-state index in [-0.39, 0.29) is 17.9 Å². The van der Waals surface area contributed by atoms with Gasteiger partial charge in [0.1, 0.15) is 11.5 Å². The molecule has 0 aromatic carbocycles. The fraction of sp³-hybridized carbons (Fsp3) is 0.462. The van der Waals surface area contributed by atoms with E-state index in [1.165, 1.54) is 26.0 Å². The Kier molecular flexibility index (Phi) is 3.63. The quantitative estimate of drug-likeness (QED) is 0.558. The van der Waals surface area contributed by atoms with Crippen LogP contribution in [0.5, 0.6) is 0 Å². The second-order valence-corrected chi connectivity index (χ2v) is 4.83. The molecule has 7 nitrogen and oxygen atoms in total. The van der Waals surface area contributed by atoms with Gasteiger partial charge < -0.3 is 19.8 Å². The Morgan fingerprint density at radius 2 is 2.10 bits per heavy atom. The number of aliphatic hydroxyl groups is 1. The number of esters is 1. The lowest BCUT2D eigenvalue weighted by Crippen LogP contribution is -2.64. The summed E-state index contributed by atoms with van der Waals surface area (Å²) in [5.41, 5.74) is -0.181. The van der Waals surface area contributed by atoms with Gasteiger partial charge in [0.2, 0.25) is 5.91 Å². The van der Waals surface area contributed by atoms with Gasteiger partial charge in [-0.05, 0) is 19.1 Å². The van der Waals surface area contributed by atoms with Crippen molar-refractivity contribution in [3.63, 3.8) is 0 Å². The molecule has 2 aliphatic heterocycles. The highest BCUT2D eigenvalue weighted by Crippen LogP contribution is 2.38. The number of allylic oxidation sites excluding steroid dienone is 2. The lowest BCUT2D eigenvalue weighted by Gasteiger charge is -2.47. The zero-order chi connectivity index (χ0) is 15.0. The van der Waals surface area contributed by atoms with E-state index >= 15 is 0 Å². The van der Waals surface area contributed by atoms with Crippen LogP contribution in [0.15, 0.2) is 23.6 Å². The molecule has 0 aromatic rings. The highest BCUT2D eigenvalue weighted by Gasteiger charge is 2.53. The fourth-order valence-corrected chi connectivity index (χ4v) is 2.57. The summed E-state index contributed by atoms with van der Waals surface area (Å²) in [5, 5.41) is 18.8. The summed E-state index contributed by atoms with van der Waals surface area (Å²) in [4.78, 5) is 35.3. The van der Waals surface area contributed by atoms with Gasteiger partial charge in [0.15, 0.2) is 0 Å². The summed E-state index contributed by atoms with van der Waals surface area (Å²) in [5.74, 6) is -2.60. The first-order valence-corrected chi connectivity index (χ1v) is 6.16. The maximum atomic E-state index is 12.0. The number of rotatable bonds is 3. The summed E-state index contributed by atoms with van der Waals surface area (Å²) in [7, 11) is 0. The molecular formula is C13H15NO6. The Bertz CT molecular complexity index is 533. The van der Waals surface area contributed by atoms with Crippen LogP contribution in [0.3, 0.4) is 0 Å². The zero-order valence-electron chi connectivity index (χ0n) is 11.1. The molecule has 1 saturated heterocycles. The van der Waals surface area contributed by atoms with Crippen molar-refractivity contribution in [3.05, 3.63) is 23.6 Å². The van der Waals surface area contributed by atoms with Crippen molar-refractivity contribution < 1.29 is 29.3 Å². The molecule has 0 bridgehead atoms. The van der Waals surface area contributed by atoms with Crippen LogP contribution in [0.1, 0.15) is 20.3 Å². The largest absolute Gasteiger partial charge is 0.477 e. The summed E-state index contributed by atoms with van der Waals surface area (Å²) in [6, 6.07) is -0.516. The maximum Gasteiger partial charge on any atom is 0.352 e. The number of carbonyl (C=O) groups is 3. The Morgan fingerprint density at radius 1 is 1.45 bits per heavy atom. The van der Waals surface area contributed by atoms with Crippen molar-refractivity contribution in [2.45, 2.75) is 32.4 Å². The van der Waals surface area contributed by atoms with Crippen LogP contribution in [0, 0.1) is 5.92 Å². The molecule has 0 unspecified atom stereocenters. The van der Waals surface area contributed by atoms with E-state index in [1.54, 1.807) is 0 Å². The fourth-order valence-electron chi connectivity index (χ4n) is 2.57. The molecule has 2 aliphatic rings. The smallest absolute Gasteiger partial charge is 0.352 e. The van der Waals surface area contributed by atoms with E-state index in [9.17, 15) is 19.5 Å². The molecule has 0 spiro atoms. The number of carboxylic acid groups (broad SMARTS) is 1. The number of ether oxygens (including phenoxy) is 1. The Morgan fingerprint density at radius 3 is 2.60 bits per heavy atom. The topological polar surface area (TPSA) is 104 Å². The van der Waals surface area contributed by atoms with Gasteiger partial charge in [-0.1, -0.05) is 0 Å². The number of hydrogen-bond acceptors (Lipinski definition) is 5. The van der Waals surface area contributed by atoms with Crippen LogP contribution in [-0.4, -0.2) is 45.1 Å². The molecule has 20 heavy (non-hydrogen) atoms. The van der Waals surface area contributed by atoms with E-state index < -0.39 is 35.9 Å². The number of fused-ring (bicyclic) bond motifs is 1. The number of carbonyl (C=O) groups excluding carboxylic acids is 2. The first-order chi connectivity index (χ1) is 9.32. The molecule has 0 aromatic heterocycles. The Labute approximate surface area is 115 Å². The number of amides is 1. The molecule has 2 N–H and O–H groups in total. The van der Waals surface area contributed by atoms with Crippen LogP contribution >= 0.6 is 0 Å². The van der Waals surface area contributed by atoms with Gasteiger partial charge in [-0.15, -0.1) is 0 Å². The number of β-lactam (4-membered cyclic amide) rings is 1. The number of carboxylic acids is 1. The number of aliphatic carboxylic acids is 1. The first kappa shape index (κ1) is 14.3. The predicted molar refractivity (Wildman–Crippen MR) is 66.0 cm³/mol. The number of aliphatic hydroxyl groups excluding tert-OH is 1. The molecule has 7 heteroatoms. The van der Waals surface area contributed by atoms with Crippen LogP contribution < -0.4 is 0 Å². The lowest BCUT2D eigenvalue weighted by atomic mass is 9.81. The third-order valence-corrected chi connectivity index (χ3v) is 3.38. The summed E-state index contributed by atoms with van der Waals surface area (Å²) in [6.07, 6.45) is 1.90. The molecular weight excluding hydrogens is 266 g/mol. The average molecular weight is 281 g/mol. The standard InChI is InChI=1S/C13H15NO6/c1-6(15)11-10-5-8(20-7(2)16)3-4-9(13(18)19)14(10)12(11)17/h3-4,6,10-11,15H,5H2,1-2H3,(H,18,19)/t6-,10-,11-/m1/s1. The molecule has 108 valence electrons. The van der Waals surface area contributed by atoms with Crippen LogP contribution in [0.25, 0.3) is 0 Å². The third-order valence-electron chi connectivity index (χ3n) is 3.38. The second-order valence-electron chi connectivity index (χ2n) is 4.83. The molecule has 2 heterocycles. The minimum absolute atomic E-state index is 0.181. The minimum Gasteiger partial charge on any atom is -0.477 e. The van der Waals surface area contributed by atoms with Crippen LogP contribution in [0.2, 0.25) is 0 Å². The van der Waals surface area contributed by atoms with Gasteiger partial charge >= 0.3 is 11.9 Å². The minimum atomic E-state index is -1.24. The van der Waals surface area contributed by atoms with E-state index in [2.05, 4.69) is 0 Å². The molecule has 1 amide bonds. The predicted octanol–water partition coefficient (Wildman–Crippen LogP) is 0.0134. The molecule has 0 saturated carbocycles. The highest BCUT2D eigenvalue weighted by molar-refractivity contribution is 5.98. The molecule has 0 radical (unpaired) electrons. The summed E-state index contributed by atoms with van der Waals surface area (Å²) in [6.45, 7) is 2.72. The molecule has 1 fully saturated rings. The number of hydrogen-bond donors (Lipinski definition) is 2. The molecule has 0 aliphatic carbocycles. The second kappa shape index (κ2) is 5.09. The van der Waals surface area contributed by atoms with Crippen molar-refractivity contribution in [1.82, 2.24) is 4.90 Å². The Balaban J connectivity index is 2.33. The first-order valence-electron chi connectivity index (χ1n) is 6.16. The van der Waals surface area contributed by atoms with Crippen molar-refractivity contribution in [3.8, 4) is 0 Å². The summed E-state index contributed by atoms with van der Waals surface area (Å²) < 4.78 is 4.98. The van der Waals surface area contributed by atoms with Gasteiger partial charge in [-0.25, -0.2) is 4.79 Å². The van der Waals surface area contributed by atoms with E-state index in [0.29, 0.717) is 0 Å². The van der Waals surface area contributed by atoms with Gasteiger partial charge in [0, 0.05) is 13.3 Å². The molecule has 2 rings (SSSR count). The highest BCUT2D eigenvalue weighted by atomic mass is 16.5. The maximum absolute atomic E-state index is 12.0. The van der Waals surface area contributed by atoms with Gasteiger partial charge in [-0.2, -0.15) is 0 Å². The average Bonchev–Trinajstić information content (AvgIpc) is 2.45. The zero-order valence-corrected chi connectivity index (χ0v) is 11.1.